The van der Waals surface area contributed by atoms with Gasteiger partial charge in [0.05, 0.1) is 6.54 Å². The van der Waals surface area contributed by atoms with Crippen molar-refractivity contribution in [2.24, 2.45) is 0 Å². The second-order valence-electron chi connectivity index (χ2n) is 3.61. The summed E-state index contributed by atoms with van der Waals surface area (Å²) in [6, 6.07) is 6.00. The number of anilines is 1. The van der Waals surface area contributed by atoms with E-state index in [2.05, 4.69) is 5.32 Å². The summed E-state index contributed by atoms with van der Waals surface area (Å²) < 4.78 is 12.9. The summed E-state index contributed by atoms with van der Waals surface area (Å²) in [5, 5.41) is 3.02. The smallest absolute Gasteiger partial charge is 0.240 e. The lowest BCUT2D eigenvalue weighted by Gasteiger charge is -2.17. The highest BCUT2D eigenvalue weighted by Gasteiger charge is 2.10. The minimum atomic E-state index is -0.335. The molecule has 1 rings (SSSR count). The Bertz CT molecular complexity index is 355. The third-order valence-electron chi connectivity index (χ3n) is 2.27. The van der Waals surface area contributed by atoms with Crippen molar-refractivity contribution in [1.29, 1.82) is 0 Å². The molecule has 0 aliphatic rings. The van der Waals surface area contributed by atoms with Gasteiger partial charge in [-0.1, -0.05) is 13.0 Å². The van der Waals surface area contributed by atoms with Gasteiger partial charge >= 0.3 is 0 Å². The molecule has 0 atom stereocenters. The number of carbonyl (C=O) groups is 1. The molecule has 0 spiro atoms. The van der Waals surface area contributed by atoms with Crippen LogP contribution in [0.1, 0.15) is 13.3 Å². The van der Waals surface area contributed by atoms with E-state index in [0.717, 1.165) is 13.0 Å². The molecule has 3 nitrogen and oxygen atoms in total. The van der Waals surface area contributed by atoms with Crippen LogP contribution in [0.15, 0.2) is 24.3 Å². The van der Waals surface area contributed by atoms with E-state index in [1.54, 1.807) is 19.2 Å². The second-order valence-corrected chi connectivity index (χ2v) is 3.61. The molecule has 0 bridgehead atoms. The number of hydrogen-bond donors (Lipinski definition) is 1. The zero-order chi connectivity index (χ0) is 12.0. The number of nitrogens with zero attached hydrogens (tertiary/aromatic N) is 1. The van der Waals surface area contributed by atoms with Gasteiger partial charge in [0.1, 0.15) is 5.82 Å². The molecule has 16 heavy (non-hydrogen) atoms. The maximum Gasteiger partial charge on any atom is 0.240 e. The van der Waals surface area contributed by atoms with E-state index in [9.17, 15) is 9.18 Å². The van der Waals surface area contributed by atoms with Gasteiger partial charge < -0.3 is 10.2 Å². The SMILES string of the molecule is CCCNCC(=O)N(C)c1cccc(F)c1. The minimum Gasteiger partial charge on any atom is -0.314 e. The summed E-state index contributed by atoms with van der Waals surface area (Å²) in [5.41, 5.74) is 0.572. The molecule has 1 amide bonds. The molecule has 0 aliphatic carbocycles. The maximum atomic E-state index is 12.9. The van der Waals surface area contributed by atoms with Gasteiger partial charge in [-0.3, -0.25) is 4.79 Å². The number of benzene rings is 1. The second kappa shape index (κ2) is 6.23. The first-order valence-corrected chi connectivity index (χ1v) is 5.38. The average molecular weight is 224 g/mol. The zero-order valence-electron chi connectivity index (χ0n) is 9.66. The lowest BCUT2D eigenvalue weighted by atomic mass is 10.3. The van der Waals surface area contributed by atoms with Crippen LogP contribution in [-0.4, -0.2) is 26.0 Å². The molecular formula is C12H17FN2O. The third-order valence-corrected chi connectivity index (χ3v) is 2.27. The first kappa shape index (κ1) is 12.6. The highest BCUT2D eigenvalue weighted by Crippen LogP contribution is 2.13. The van der Waals surface area contributed by atoms with Gasteiger partial charge in [0.2, 0.25) is 5.91 Å². The summed E-state index contributed by atoms with van der Waals surface area (Å²) in [7, 11) is 1.64. The van der Waals surface area contributed by atoms with Crippen molar-refractivity contribution in [3.05, 3.63) is 30.1 Å². The van der Waals surface area contributed by atoms with Gasteiger partial charge in [-0.15, -0.1) is 0 Å². The molecule has 1 N–H and O–H groups in total. The molecule has 1 aromatic carbocycles. The normalized spacial score (nSPS) is 10.2. The number of hydrogen-bond acceptors (Lipinski definition) is 2. The Morgan fingerprint density at radius 1 is 1.50 bits per heavy atom. The van der Waals surface area contributed by atoms with Crippen molar-refractivity contribution >= 4 is 11.6 Å². The highest BCUT2D eigenvalue weighted by atomic mass is 19.1. The first-order chi connectivity index (χ1) is 7.65. The Kier molecular flexibility index (Phi) is 4.92. The Labute approximate surface area is 95.3 Å². The fraction of sp³-hybridized carbons (Fsp3) is 0.417. The van der Waals surface area contributed by atoms with E-state index < -0.39 is 0 Å². The van der Waals surface area contributed by atoms with Crippen molar-refractivity contribution in [3.63, 3.8) is 0 Å². The fourth-order valence-corrected chi connectivity index (χ4v) is 1.32. The Hall–Kier alpha value is -1.42. The zero-order valence-corrected chi connectivity index (χ0v) is 9.66. The Morgan fingerprint density at radius 3 is 2.88 bits per heavy atom. The molecule has 0 aromatic heterocycles. The summed E-state index contributed by atoms with van der Waals surface area (Å²) >= 11 is 0. The van der Waals surface area contributed by atoms with Crippen LogP contribution in [0.2, 0.25) is 0 Å². The molecule has 4 heteroatoms. The van der Waals surface area contributed by atoms with Crippen LogP contribution in [0.5, 0.6) is 0 Å². The van der Waals surface area contributed by atoms with Crippen molar-refractivity contribution < 1.29 is 9.18 Å². The van der Waals surface area contributed by atoms with E-state index in [0.29, 0.717) is 5.69 Å². The molecule has 1 aromatic rings. The third kappa shape index (κ3) is 3.62. The topological polar surface area (TPSA) is 32.3 Å². The Morgan fingerprint density at radius 2 is 2.25 bits per heavy atom. The van der Waals surface area contributed by atoms with E-state index in [4.69, 9.17) is 0 Å². The number of likely N-dealkylation sites (N-methyl/N-ethyl adjacent to an activating group) is 1. The van der Waals surface area contributed by atoms with Crippen molar-refractivity contribution in [1.82, 2.24) is 5.32 Å². The monoisotopic (exact) mass is 224 g/mol. The molecule has 0 heterocycles. The van der Waals surface area contributed by atoms with Gasteiger partial charge in [-0.25, -0.2) is 4.39 Å². The summed E-state index contributed by atoms with van der Waals surface area (Å²) in [5.74, 6) is -0.405. The quantitative estimate of drug-likeness (QED) is 0.773. The summed E-state index contributed by atoms with van der Waals surface area (Å²) in [6.07, 6.45) is 0.983. The van der Waals surface area contributed by atoms with E-state index in [1.165, 1.54) is 17.0 Å². The van der Waals surface area contributed by atoms with Gasteiger partial charge in [0, 0.05) is 12.7 Å². The predicted molar refractivity (Wildman–Crippen MR) is 63.0 cm³/mol. The van der Waals surface area contributed by atoms with Gasteiger partial charge in [-0.2, -0.15) is 0 Å². The molecular weight excluding hydrogens is 207 g/mol. The van der Waals surface area contributed by atoms with Crippen LogP contribution in [0.25, 0.3) is 0 Å². The molecule has 0 radical (unpaired) electrons. The van der Waals surface area contributed by atoms with Crippen LogP contribution < -0.4 is 10.2 Å². The summed E-state index contributed by atoms with van der Waals surface area (Å²) in [4.78, 5) is 13.1. The number of halogens is 1. The molecule has 0 fully saturated rings. The standard InChI is InChI=1S/C12H17FN2O/c1-3-7-14-9-12(16)15(2)11-6-4-5-10(13)8-11/h4-6,8,14H,3,7,9H2,1-2H3. The van der Waals surface area contributed by atoms with Gasteiger partial charge in [-0.05, 0) is 31.2 Å². The highest BCUT2D eigenvalue weighted by molar-refractivity contribution is 5.94. The minimum absolute atomic E-state index is 0.0703. The van der Waals surface area contributed by atoms with E-state index >= 15 is 0 Å². The Balaban J connectivity index is 2.56. The number of nitrogens with one attached hydrogen (secondary N) is 1. The lowest BCUT2D eigenvalue weighted by Crippen LogP contribution is -2.35. The van der Waals surface area contributed by atoms with Crippen LogP contribution in [0.3, 0.4) is 0 Å². The van der Waals surface area contributed by atoms with E-state index in [-0.39, 0.29) is 18.3 Å². The van der Waals surface area contributed by atoms with Gasteiger partial charge in [0.25, 0.3) is 0 Å². The van der Waals surface area contributed by atoms with Crippen LogP contribution in [0.4, 0.5) is 10.1 Å². The lowest BCUT2D eigenvalue weighted by molar-refractivity contribution is -0.117. The molecule has 0 saturated carbocycles. The van der Waals surface area contributed by atoms with Crippen LogP contribution in [-0.2, 0) is 4.79 Å². The van der Waals surface area contributed by atoms with Crippen LogP contribution >= 0.6 is 0 Å². The molecule has 0 unspecified atom stereocenters. The fourth-order valence-electron chi connectivity index (χ4n) is 1.32. The number of carbonyl (C=O) groups excluding carboxylic acids is 1. The predicted octanol–water partition coefficient (Wildman–Crippen LogP) is 1.79. The number of rotatable bonds is 5. The largest absolute Gasteiger partial charge is 0.314 e. The molecule has 0 saturated heterocycles. The van der Waals surface area contributed by atoms with Crippen molar-refractivity contribution in [2.75, 3.05) is 25.0 Å². The van der Waals surface area contributed by atoms with Gasteiger partial charge in [0.15, 0.2) is 0 Å². The average Bonchev–Trinajstić information content (AvgIpc) is 2.28. The first-order valence-electron chi connectivity index (χ1n) is 5.38. The maximum absolute atomic E-state index is 12.9. The molecule has 0 aliphatic heterocycles. The van der Waals surface area contributed by atoms with E-state index in [1.807, 2.05) is 6.92 Å². The molecule has 88 valence electrons. The van der Waals surface area contributed by atoms with Crippen molar-refractivity contribution in [2.45, 2.75) is 13.3 Å². The van der Waals surface area contributed by atoms with Crippen molar-refractivity contribution in [3.8, 4) is 0 Å². The van der Waals surface area contributed by atoms with Crippen LogP contribution in [0, 0.1) is 5.82 Å². The number of amides is 1. The summed E-state index contributed by atoms with van der Waals surface area (Å²) in [6.45, 7) is 3.12.